The van der Waals surface area contributed by atoms with Crippen LogP contribution in [0.15, 0.2) is 12.1 Å². The number of benzene rings is 1. The van der Waals surface area contributed by atoms with E-state index in [1.54, 1.807) is 12.1 Å². The number of hydrogen-bond donors (Lipinski definition) is 1. The largest absolute Gasteiger partial charge is 0.496 e. The van der Waals surface area contributed by atoms with E-state index in [1.165, 1.54) is 7.11 Å². The first kappa shape index (κ1) is 10.4. The molecule has 0 aliphatic carbocycles. The summed E-state index contributed by atoms with van der Waals surface area (Å²) in [6, 6.07) is 3.28. The zero-order valence-corrected chi connectivity index (χ0v) is 8.95. The summed E-state index contributed by atoms with van der Waals surface area (Å²) in [6.07, 6.45) is 0. The number of aryl methyl sites for hydroxylation is 1. The smallest absolute Gasteiger partial charge is 0.220 e. The maximum Gasteiger partial charge on any atom is 0.220 e. The standard InChI is InChI=1S/C9H9ClO2S/c1-5-3-6(10)4-7(9(11)13)8(5)12-2/h3-4H,1-2H3,(H,11,13). The highest BCUT2D eigenvalue weighted by atomic mass is 35.5. The molecule has 4 heteroatoms. The number of ether oxygens (including phenoxy) is 1. The quantitative estimate of drug-likeness (QED) is 0.770. The van der Waals surface area contributed by atoms with Gasteiger partial charge in [0.1, 0.15) is 5.75 Å². The third-order valence-electron chi connectivity index (χ3n) is 1.67. The van der Waals surface area contributed by atoms with Crippen LogP contribution in [0.3, 0.4) is 0 Å². The fraction of sp³-hybridized carbons (Fsp3) is 0.222. The molecule has 0 aliphatic heterocycles. The summed E-state index contributed by atoms with van der Waals surface area (Å²) in [4.78, 5) is 11.1. The molecule has 1 rings (SSSR count). The minimum Gasteiger partial charge on any atom is -0.496 e. The molecule has 0 amide bonds. The Bertz CT molecular complexity index is 350. The van der Waals surface area contributed by atoms with Gasteiger partial charge in [0.25, 0.3) is 0 Å². The second-order valence-corrected chi connectivity index (χ2v) is 3.45. The summed E-state index contributed by atoms with van der Waals surface area (Å²) in [5, 5.41) is 0.165. The van der Waals surface area contributed by atoms with E-state index in [-0.39, 0.29) is 5.12 Å². The van der Waals surface area contributed by atoms with Crippen LogP contribution in [0.25, 0.3) is 0 Å². The highest BCUT2D eigenvalue weighted by Crippen LogP contribution is 2.28. The highest BCUT2D eigenvalue weighted by Gasteiger charge is 2.12. The Morgan fingerprint density at radius 3 is 2.62 bits per heavy atom. The van der Waals surface area contributed by atoms with E-state index < -0.39 is 0 Å². The number of thiol groups is 1. The van der Waals surface area contributed by atoms with Crippen LogP contribution in [0.4, 0.5) is 0 Å². The lowest BCUT2D eigenvalue weighted by atomic mass is 10.1. The Morgan fingerprint density at radius 2 is 2.15 bits per heavy atom. The van der Waals surface area contributed by atoms with Crippen LogP contribution in [0, 0.1) is 6.92 Å². The van der Waals surface area contributed by atoms with Gasteiger partial charge < -0.3 is 4.74 Å². The molecule has 0 spiro atoms. The number of carbonyl (C=O) groups is 1. The van der Waals surface area contributed by atoms with Crippen LogP contribution in [0.2, 0.25) is 5.02 Å². The Hall–Kier alpha value is -0.670. The van der Waals surface area contributed by atoms with E-state index in [2.05, 4.69) is 12.6 Å². The first-order valence-corrected chi connectivity index (χ1v) is 4.46. The second kappa shape index (κ2) is 4.03. The average Bonchev–Trinajstić information content (AvgIpc) is 2.02. The van der Waals surface area contributed by atoms with Gasteiger partial charge in [-0.25, -0.2) is 0 Å². The van der Waals surface area contributed by atoms with Crippen molar-refractivity contribution in [3.05, 3.63) is 28.3 Å². The zero-order chi connectivity index (χ0) is 10.0. The summed E-state index contributed by atoms with van der Waals surface area (Å²) in [5.74, 6) is 0.532. The molecular weight excluding hydrogens is 208 g/mol. The summed E-state index contributed by atoms with van der Waals surface area (Å²) in [7, 11) is 1.51. The Labute approximate surface area is 87.3 Å². The van der Waals surface area contributed by atoms with Crippen molar-refractivity contribution in [3.63, 3.8) is 0 Å². The maximum atomic E-state index is 11.1. The molecule has 0 saturated carbocycles. The van der Waals surface area contributed by atoms with Gasteiger partial charge >= 0.3 is 0 Å². The lowest BCUT2D eigenvalue weighted by Gasteiger charge is -2.08. The Balaban J connectivity index is 3.38. The van der Waals surface area contributed by atoms with Gasteiger partial charge in [-0.15, -0.1) is 12.6 Å². The van der Waals surface area contributed by atoms with E-state index in [9.17, 15) is 4.79 Å². The molecule has 0 heterocycles. The van der Waals surface area contributed by atoms with Crippen molar-refractivity contribution in [3.8, 4) is 5.75 Å². The fourth-order valence-electron chi connectivity index (χ4n) is 1.16. The molecule has 13 heavy (non-hydrogen) atoms. The van der Waals surface area contributed by atoms with Gasteiger partial charge in [-0.2, -0.15) is 0 Å². The van der Waals surface area contributed by atoms with Crippen molar-refractivity contribution in [1.29, 1.82) is 0 Å². The van der Waals surface area contributed by atoms with Gasteiger partial charge in [0, 0.05) is 5.02 Å². The van der Waals surface area contributed by atoms with E-state index in [1.807, 2.05) is 6.92 Å². The number of methoxy groups -OCH3 is 1. The number of halogens is 1. The van der Waals surface area contributed by atoms with Crippen LogP contribution < -0.4 is 4.74 Å². The summed E-state index contributed by atoms with van der Waals surface area (Å²) in [6.45, 7) is 1.82. The van der Waals surface area contributed by atoms with Crippen molar-refractivity contribution in [1.82, 2.24) is 0 Å². The van der Waals surface area contributed by atoms with E-state index in [4.69, 9.17) is 16.3 Å². The van der Waals surface area contributed by atoms with Crippen LogP contribution >= 0.6 is 24.2 Å². The van der Waals surface area contributed by atoms with Gasteiger partial charge in [0.15, 0.2) is 0 Å². The lowest BCUT2D eigenvalue weighted by molar-refractivity contribution is 0.108. The molecule has 1 aromatic rings. The SMILES string of the molecule is COc1c(C)cc(Cl)cc1C(=O)S. The molecule has 0 aromatic heterocycles. The topological polar surface area (TPSA) is 26.3 Å². The molecule has 70 valence electrons. The molecule has 0 fully saturated rings. The monoisotopic (exact) mass is 216 g/mol. The molecular formula is C9H9ClO2S. The summed E-state index contributed by atoms with van der Waals surface area (Å²) in [5.41, 5.74) is 1.23. The molecule has 0 unspecified atom stereocenters. The van der Waals surface area contributed by atoms with Crippen molar-refractivity contribution in [2.24, 2.45) is 0 Å². The molecule has 0 aliphatic rings. The number of rotatable bonds is 2. The third kappa shape index (κ3) is 2.17. The van der Waals surface area contributed by atoms with Gasteiger partial charge in [-0.05, 0) is 24.6 Å². The predicted molar refractivity (Wildman–Crippen MR) is 56.1 cm³/mol. The van der Waals surface area contributed by atoms with Crippen molar-refractivity contribution >= 4 is 29.3 Å². The average molecular weight is 217 g/mol. The van der Waals surface area contributed by atoms with Gasteiger partial charge in [0.2, 0.25) is 5.12 Å². The zero-order valence-electron chi connectivity index (χ0n) is 7.30. The molecule has 1 aromatic carbocycles. The van der Waals surface area contributed by atoms with Crippen molar-refractivity contribution in [2.45, 2.75) is 6.92 Å². The molecule has 0 atom stereocenters. The molecule has 0 N–H and O–H groups in total. The van der Waals surface area contributed by atoms with E-state index in [0.29, 0.717) is 16.3 Å². The predicted octanol–water partition coefficient (Wildman–Crippen LogP) is 2.73. The molecule has 2 nitrogen and oxygen atoms in total. The second-order valence-electron chi connectivity index (χ2n) is 2.61. The van der Waals surface area contributed by atoms with Crippen molar-refractivity contribution in [2.75, 3.05) is 7.11 Å². The van der Waals surface area contributed by atoms with Gasteiger partial charge in [0.05, 0.1) is 12.7 Å². The van der Waals surface area contributed by atoms with E-state index in [0.717, 1.165) is 5.56 Å². The first-order valence-electron chi connectivity index (χ1n) is 3.63. The summed E-state index contributed by atoms with van der Waals surface area (Å²) < 4.78 is 5.06. The van der Waals surface area contributed by atoms with Crippen LogP contribution in [-0.2, 0) is 0 Å². The number of carbonyl (C=O) groups excluding carboxylic acids is 1. The minimum absolute atomic E-state index is 0.345. The van der Waals surface area contributed by atoms with Gasteiger partial charge in [-0.1, -0.05) is 11.6 Å². The van der Waals surface area contributed by atoms with Crippen LogP contribution in [0.5, 0.6) is 5.75 Å². The Morgan fingerprint density at radius 1 is 1.54 bits per heavy atom. The minimum atomic E-state index is -0.345. The Kier molecular flexibility index (Phi) is 3.22. The fourth-order valence-corrected chi connectivity index (χ4v) is 1.60. The normalized spacial score (nSPS) is 9.85. The number of hydrogen-bond acceptors (Lipinski definition) is 2. The maximum absolute atomic E-state index is 11.1. The lowest BCUT2D eigenvalue weighted by Crippen LogP contribution is -1.97. The molecule has 0 bridgehead atoms. The van der Waals surface area contributed by atoms with Crippen molar-refractivity contribution < 1.29 is 9.53 Å². The third-order valence-corrected chi connectivity index (χ3v) is 2.13. The highest BCUT2D eigenvalue weighted by molar-refractivity contribution is 7.97. The van der Waals surface area contributed by atoms with E-state index >= 15 is 0 Å². The summed E-state index contributed by atoms with van der Waals surface area (Å²) >= 11 is 9.51. The van der Waals surface area contributed by atoms with Crippen LogP contribution in [-0.4, -0.2) is 12.2 Å². The van der Waals surface area contributed by atoms with Gasteiger partial charge in [-0.3, -0.25) is 4.79 Å². The molecule has 0 saturated heterocycles. The first-order chi connectivity index (χ1) is 6.06. The molecule has 0 radical (unpaired) electrons. The van der Waals surface area contributed by atoms with Crippen LogP contribution in [0.1, 0.15) is 15.9 Å².